The molecule has 0 aliphatic heterocycles. The first-order chi connectivity index (χ1) is 13.4. The summed E-state index contributed by atoms with van der Waals surface area (Å²) in [5.41, 5.74) is 7.98. The Morgan fingerprint density at radius 2 is 1.00 bits per heavy atom. The third-order valence-electron chi connectivity index (χ3n) is 3.71. The second kappa shape index (κ2) is 10.2. The molecule has 0 heterocycles. The van der Waals surface area contributed by atoms with E-state index in [9.17, 15) is 9.59 Å². The van der Waals surface area contributed by atoms with E-state index in [1.807, 2.05) is 52.0 Å². The molecule has 0 radical (unpaired) electrons. The van der Waals surface area contributed by atoms with Crippen LogP contribution < -0.4 is 10.9 Å². The van der Waals surface area contributed by atoms with Gasteiger partial charge in [-0.2, -0.15) is 10.2 Å². The molecule has 0 aliphatic carbocycles. The third-order valence-corrected chi connectivity index (χ3v) is 3.71. The van der Waals surface area contributed by atoms with Crippen LogP contribution in [0.3, 0.4) is 0 Å². The molecule has 2 N–H and O–H groups in total. The van der Waals surface area contributed by atoms with E-state index in [4.69, 9.17) is 0 Å². The fourth-order valence-corrected chi connectivity index (χ4v) is 2.25. The van der Waals surface area contributed by atoms with Crippen LogP contribution in [0.5, 0.6) is 0 Å². The van der Waals surface area contributed by atoms with Gasteiger partial charge in [-0.3, -0.25) is 9.59 Å². The molecule has 2 rings (SSSR count). The van der Waals surface area contributed by atoms with Crippen LogP contribution in [0.2, 0.25) is 0 Å². The van der Waals surface area contributed by atoms with Gasteiger partial charge in [-0.25, -0.2) is 10.9 Å². The summed E-state index contributed by atoms with van der Waals surface area (Å²) in [6.45, 7) is 7.94. The van der Waals surface area contributed by atoms with Crippen molar-refractivity contribution < 1.29 is 9.59 Å². The lowest BCUT2D eigenvalue weighted by Gasteiger charge is -2.06. The predicted molar refractivity (Wildman–Crippen MR) is 113 cm³/mol. The summed E-state index contributed by atoms with van der Waals surface area (Å²) < 4.78 is 0. The Labute approximate surface area is 165 Å². The number of carbonyl (C=O) groups excluding carboxylic acids is 2. The van der Waals surface area contributed by atoms with Crippen molar-refractivity contribution in [3.63, 3.8) is 0 Å². The Kier molecular flexibility index (Phi) is 7.63. The van der Waals surface area contributed by atoms with E-state index in [1.54, 1.807) is 36.7 Å². The Balaban J connectivity index is 2.02. The average molecular weight is 378 g/mol. The molecule has 0 saturated heterocycles. The van der Waals surface area contributed by atoms with E-state index in [1.165, 1.54) is 0 Å². The molecule has 146 valence electrons. The van der Waals surface area contributed by atoms with E-state index < -0.39 is 0 Å². The van der Waals surface area contributed by atoms with Gasteiger partial charge in [0.2, 0.25) is 0 Å². The summed E-state index contributed by atoms with van der Waals surface area (Å²) >= 11 is 0. The first-order valence-corrected chi connectivity index (χ1v) is 9.24. The van der Waals surface area contributed by atoms with Gasteiger partial charge >= 0.3 is 0 Å². The van der Waals surface area contributed by atoms with Gasteiger partial charge in [0, 0.05) is 23.6 Å². The van der Waals surface area contributed by atoms with Crippen LogP contribution in [-0.2, 0) is 0 Å². The Morgan fingerprint density at radius 3 is 1.29 bits per heavy atom. The molecule has 6 nitrogen and oxygen atoms in total. The lowest BCUT2D eigenvalue weighted by atomic mass is 10.0. The number of hydrogen-bond acceptors (Lipinski definition) is 4. The number of hydrazone groups is 2. The highest BCUT2D eigenvalue weighted by Crippen LogP contribution is 2.20. The van der Waals surface area contributed by atoms with Crippen molar-refractivity contribution in [2.24, 2.45) is 22.0 Å². The number of nitrogens with zero attached hydrogens (tertiary/aromatic N) is 2. The van der Waals surface area contributed by atoms with Gasteiger partial charge < -0.3 is 0 Å². The van der Waals surface area contributed by atoms with Crippen molar-refractivity contribution in [1.29, 1.82) is 0 Å². The first-order valence-electron chi connectivity index (χ1n) is 9.24. The molecule has 0 fully saturated rings. The largest absolute Gasteiger partial charge is 0.271 e. The minimum Gasteiger partial charge on any atom is -0.267 e. The quantitative estimate of drug-likeness (QED) is 0.562. The van der Waals surface area contributed by atoms with Crippen LogP contribution in [0.4, 0.5) is 0 Å². The van der Waals surface area contributed by atoms with Crippen molar-refractivity contribution in [3.05, 3.63) is 59.7 Å². The molecule has 0 saturated carbocycles. The molecule has 0 atom stereocenters. The van der Waals surface area contributed by atoms with Gasteiger partial charge in [0.1, 0.15) is 0 Å². The van der Waals surface area contributed by atoms with Crippen molar-refractivity contribution in [1.82, 2.24) is 10.9 Å². The molecular formula is C22H26N4O2. The Morgan fingerprint density at radius 1 is 0.679 bits per heavy atom. The van der Waals surface area contributed by atoms with Crippen LogP contribution >= 0.6 is 0 Å². The molecule has 2 amide bonds. The van der Waals surface area contributed by atoms with E-state index in [-0.39, 0.29) is 23.7 Å². The number of nitrogens with one attached hydrogen (secondary N) is 2. The number of carbonyl (C=O) groups is 2. The highest BCUT2D eigenvalue weighted by molar-refractivity contribution is 5.96. The minimum atomic E-state index is -0.252. The zero-order valence-electron chi connectivity index (χ0n) is 16.6. The third kappa shape index (κ3) is 6.46. The standard InChI is InChI=1S/C22H26N4O2/c1-15(2)13-23-25-21(27)19-9-5-17(6-10-19)18-7-11-20(12-8-18)22(28)26-24-14-16(3)4/h5-16H,1-4H3,(H,25,27)(H,26,28)/b23-13+,24-14+. The average Bonchev–Trinajstić information content (AvgIpc) is 2.67. The van der Waals surface area contributed by atoms with Gasteiger partial charge in [0.15, 0.2) is 0 Å². The molecule has 2 aromatic carbocycles. The molecular weight excluding hydrogens is 352 g/mol. The minimum absolute atomic E-state index is 0.252. The normalized spacial score (nSPS) is 11.5. The van der Waals surface area contributed by atoms with Crippen LogP contribution in [0.15, 0.2) is 58.7 Å². The number of benzene rings is 2. The molecule has 2 aromatic rings. The second-order valence-corrected chi connectivity index (χ2v) is 7.08. The number of rotatable bonds is 7. The van der Waals surface area contributed by atoms with Gasteiger partial charge in [0.05, 0.1) is 0 Å². The summed E-state index contributed by atoms with van der Waals surface area (Å²) in [4.78, 5) is 24.1. The highest BCUT2D eigenvalue weighted by Gasteiger charge is 2.07. The fraction of sp³-hybridized carbons (Fsp3) is 0.273. The Bertz CT molecular complexity index is 778. The molecule has 0 aromatic heterocycles. The van der Waals surface area contributed by atoms with E-state index in [2.05, 4.69) is 21.1 Å². The molecule has 0 unspecified atom stereocenters. The maximum Gasteiger partial charge on any atom is 0.271 e. The lowest BCUT2D eigenvalue weighted by Crippen LogP contribution is -2.18. The van der Waals surface area contributed by atoms with Crippen LogP contribution in [0.25, 0.3) is 11.1 Å². The van der Waals surface area contributed by atoms with E-state index >= 15 is 0 Å². The molecule has 0 spiro atoms. The molecule has 6 heteroatoms. The predicted octanol–water partition coefficient (Wildman–Crippen LogP) is 4.10. The van der Waals surface area contributed by atoms with Gasteiger partial charge in [0.25, 0.3) is 11.8 Å². The van der Waals surface area contributed by atoms with Gasteiger partial charge in [-0.15, -0.1) is 0 Å². The van der Waals surface area contributed by atoms with Gasteiger partial charge in [-0.05, 0) is 47.2 Å². The van der Waals surface area contributed by atoms with Crippen molar-refractivity contribution in [3.8, 4) is 11.1 Å². The maximum absolute atomic E-state index is 12.0. The molecule has 0 aliphatic rings. The lowest BCUT2D eigenvalue weighted by molar-refractivity contribution is 0.0947. The SMILES string of the molecule is CC(C)/C=N/NC(=O)c1ccc(-c2ccc(C(=O)N/N=C/C(C)C)cc2)cc1. The molecule has 0 bridgehead atoms. The van der Waals surface area contributed by atoms with Crippen molar-refractivity contribution >= 4 is 24.2 Å². The molecule has 28 heavy (non-hydrogen) atoms. The summed E-state index contributed by atoms with van der Waals surface area (Å²) in [7, 11) is 0. The smallest absolute Gasteiger partial charge is 0.267 e. The monoisotopic (exact) mass is 378 g/mol. The number of hydrogen-bond donors (Lipinski definition) is 2. The summed E-state index contributed by atoms with van der Waals surface area (Å²) in [6.07, 6.45) is 3.36. The van der Waals surface area contributed by atoms with E-state index in [0.717, 1.165) is 11.1 Å². The van der Waals surface area contributed by atoms with E-state index in [0.29, 0.717) is 11.1 Å². The van der Waals surface area contributed by atoms with Crippen molar-refractivity contribution in [2.45, 2.75) is 27.7 Å². The zero-order valence-corrected chi connectivity index (χ0v) is 16.6. The highest BCUT2D eigenvalue weighted by atomic mass is 16.2. The van der Waals surface area contributed by atoms with Crippen LogP contribution in [0.1, 0.15) is 48.4 Å². The van der Waals surface area contributed by atoms with Crippen LogP contribution in [-0.4, -0.2) is 24.2 Å². The summed E-state index contributed by atoms with van der Waals surface area (Å²) in [6, 6.07) is 14.4. The number of amides is 2. The van der Waals surface area contributed by atoms with Gasteiger partial charge in [-0.1, -0.05) is 52.0 Å². The van der Waals surface area contributed by atoms with Crippen molar-refractivity contribution in [2.75, 3.05) is 0 Å². The summed E-state index contributed by atoms with van der Waals surface area (Å²) in [5.74, 6) is 0.0410. The summed E-state index contributed by atoms with van der Waals surface area (Å²) in [5, 5.41) is 7.82. The Hall–Kier alpha value is -3.28. The van der Waals surface area contributed by atoms with Crippen LogP contribution in [0, 0.1) is 11.8 Å². The first kappa shape index (κ1) is 21.0. The maximum atomic E-state index is 12.0. The zero-order chi connectivity index (χ0) is 20.5. The second-order valence-electron chi connectivity index (χ2n) is 7.08. The topological polar surface area (TPSA) is 82.9 Å². The fourth-order valence-electron chi connectivity index (χ4n) is 2.25.